The third kappa shape index (κ3) is 3.59. The van der Waals surface area contributed by atoms with Crippen molar-refractivity contribution in [3.63, 3.8) is 0 Å². The summed E-state index contributed by atoms with van der Waals surface area (Å²) in [4.78, 5) is 0. The molecule has 1 heterocycles. The second-order valence-electron chi connectivity index (χ2n) is 5.04. The van der Waals surface area contributed by atoms with Crippen LogP contribution in [-0.4, -0.2) is 19.2 Å². The lowest BCUT2D eigenvalue weighted by Gasteiger charge is -2.33. The zero-order valence-corrected chi connectivity index (χ0v) is 11.7. The van der Waals surface area contributed by atoms with E-state index in [-0.39, 0.29) is 6.10 Å². The molecule has 2 atom stereocenters. The first kappa shape index (κ1) is 14.1. The van der Waals surface area contributed by atoms with Crippen molar-refractivity contribution in [3.05, 3.63) is 35.4 Å². The lowest BCUT2D eigenvalue weighted by atomic mass is 9.91. The van der Waals surface area contributed by atoms with Gasteiger partial charge in [-0.05, 0) is 36.9 Å². The van der Waals surface area contributed by atoms with Crippen LogP contribution in [0.15, 0.2) is 24.3 Å². The first-order valence-corrected chi connectivity index (χ1v) is 7.23. The summed E-state index contributed by atoms with van der Waals surface area (Å²) in [7, 11) is 0. The summed E-state index contributed by atoms with van der Waals surface area (Å²) >= 11 is 0. The van der Waals surface area contributed by atoms with Gasteiger partial charge in [0.05, 0.1) is 12.7 Å². The number of hydrogen-bond acceptors (Lipinski definition) is 2. The van der Waals surface area contributed by atoms with E-state index in [0.717, 1.165) is 38.8 Å². The van der Waals surface area contributed by atoms with Gasteiger partial charge in [-0.1, -0.05) is 31.2 Å². The Kier molecular flexibility index (Phi) is 5.44. The molecule has 0 aliphatic carbocycles. The number of fused-ring (bicyclic) bond motifs is 1. The van der Waals surface area contributed by atoms with Crippen molar-refractivity contribution < 1.29 is 4.74 Å². The van der Waals surface area contributed by atoms with Gasteiger partial charge in [-0.2, -0.15) is 0 Å². The van der Waals surface area contributed by atoms with E-state index < -0.39 is 0 Å². The molecule has 2 nitrogen and oxygen atoms in total. The molecule has 1 aliphatic heterocycles. The van der Waals surface area contributed by atoms with E-state index in [1.807, 2.05) is 0 Å². The Morgan fingerprint density at radius 2 is 2.32 bits per heavy atom. The van der Waals surface area contributed by atoms with Crippen molar-refractivity contribution in [2.45, 2.75) is 44.8 Å². The third-order valence-corrected chi connectivity index (χ3v) is 3.65. The second kappa shape index (κ2) is 7.33. The molecular weight excluding hydrogens is 234 g/mol. The van der Waals surface area contributed by atoms with Gasteiger partial charge in [0.25, 0.3) is 0 Å². The van der Waals surface area contributed by atoms with Gasteiger partial charge >= 0.3 is 0 Å². The summed E-state index contributed by atoms with van der Waals surface area (Å²) in [6.45, 7) is 4.00. The number of benzene rings is 1. The maximum Gasteiger partial charge on any atom is 0.0980 e. The van der Waals surface area contributed by atoms with Gasteiger partial charge in [-0.3, -0.25) is 0 Å². The summed E-state index contributed by atoms with van der Waals surface area (Å²) in [6.07, 6.45) is 9.46. The van der Waals surface area contributed by atoms with Crippen molar-refractivity contribution >= 4 is 0 Å². The largest absolute Gasteiger partial charge is 0.372 e. The van der Waals surface area contributed by atoms with E-state index >= 15 is 0 Å². The first-order chi connectivity index (χ1) is 9.36. The predicted molar refractivity (Wildman–Crippen MR) is 79.0 cm³/mol. The van der Waals surface area contributed by atoms with Gasteiger partial charge in [0.15, 0.2) is 0 Å². The highest BCUT2D eigenvalue weighted by molar-refractivity contribution is 5.32. The van der Waals surface area contributed by atoms with E-state index in [0.29, 0.717) is 6.04 Å². The molecule has 0 saturated carbocycles. The minimum Gasteiger partial charge on any atom is -0.372 e. The van der Waals surface area contributed by atoms with Crippen LogP contribution in [0.3, 0.4) is 0 Å². The molecule has 1 aromatic rings. The summed E-state index contributed by atoms with van der Waals surface area (Å²) < 4.78 is 6.03. The van der Waals surface area contributed by atoms with Crippen molar-refractivity contribution in [1.82, 2.24) is 5.32 Å². The summed E-state index contributed by atoms with van der Waals surface area (Å²) in [5.41, 5.74) is 2.75. The lowest BCUT2D eigenvalue weighted by Crippen LogP contribution is -2.38. The van der Waals surface area contributed by atoms with E-state index in [9.17, 15) is 0 Å². The highest BCUT2D eigenvalue weighted by Crippen LogP contribution is 2.31. The molecule has 102 valence electrons. The molecule has 0 saturated heterocycles. The van der Waals surface area contributed by atoms with Crippen molar-refractivity contribution in [2.75, 3.05) is 13.2 Å². The molecule has 0 fully saturated rings. The number of nitrogens with one attached hydrogen (secondary N) is 1. The molecule has 0 bridgehead atoms. The molecule has 19 heavy (non-hydrogen) atoms. The van der Waals surface area contributed by atoms with Crippen LogP contribution in [0.1, 0.15) is 43.4 Å². The van der Waals surface area contributed by atoms with E-state index in [1.54, 1.807) is 0 Å². The van der Waals surface area contributed by atoms with E-state index in [4.69, 9.17) is 11.2 Å². The summed E-state index contributed by atoms with van der Waals surface area (Å²) in [5.74, 6) is 2.74. The zero-order chi connectivity index (χ0) is 13.5. The zero-order valence-electron chi connectivity index (χ0n) is 11.7. The smallest absolute Gasteiger partial charge is 0.0980 e. The number of hydrogen-bond donors (Lipinski definition) is 1. The normalized spacial score (nSPS) is 19.5. The van der Waals surface area contributed by atoms with Crippen molar-refractivity contribution in [3.8, 4) is 12.3 Å². The van der Waals surface area contributed by atoms with Gasteiger partial charge < -0.3 is 10.1 Å². The van der Waals surface area contributed by atoms with Gasteiger partial charge in [0.1, 0.15) is 0 Å². The fourth-order valence-corrected chi connectivity index (χ4v) is 2.69. The van der Waals surface area contributed by atoms with E-state index in [2.05, 4.69) is 42.4 Å². The average molecular weight is 257 g/mol. The molecule has 2 rings (SSSR count). The number of ether oxygens (including phenoxy) is 1. The maximum absolute atomic E-state index is 6.03. The fraction of sp³-hybridized carbons (Fsp3) is 0.529. The Hall–Kier alpha value is -1.30. The standard InChI is InChI=1S/C17H23NO/c1-3-5-10-16(18-12-4-2)17-15-9-7-6-8-14(15)11-13-19-17/h1,6-9,16-18H,4-5,10-13H2,2H3. The Labute approximate surface area is 116 Å². The van der Waals surface area contributed by atoms with Crippen LogP contribution in [0.2, 0.25) is 0 Å². The lowest BCUT2D eigenvalue weighted by molar-refractivity contribution is 0.0137. The Bertz CT molecular complexity index is 435. The topological polar surface area (TPSA) is 21.3 Å². The Morgan fingerprint density at radius 1 is 1.47 bits per heavy atom. The van der Waals surface area contributed by atoms with Gasteiger partial charge in [-0.25, -0.2) is 0 Å². The van der Waals surface area contributed by atoms with Gasteiger partial charge in [0, 0.05) is 12.5 Å². The molecule has 1 aromatic carbocycles. The predicted octanol–water partition coefficient (Wildman–Crippen LogP) is 3.08. The molecule has 0 radical (unpaired) electrons. The van der Waals surface area contributed by atoms with Crippen molar-refractivity contribution in [2.24, 2.45) is 0 Å². The third-order valence-electron chi connectivity index (χ3n) is 3.65. The molecule has 0 aromatic heterocycles. The van der Waals surface area contributed by atoms with Gasteiger partial charge in [0.2, 0.25) is 0 Å². The molecule has 1 aliphatic rings. The quantitative estimate of drug-likeness (QED) is 0.791. The van der Waals surface area contributed by atoms with Crippen LogP contribution in [0.25, 0.3) is 0 Å². The molecule has 1 N–H and O–H groups in total. The monoisotopic (exact) mass is 257 g/mol. The van der Waals surface area contributed by atoms with Crippen LogP contribution in [-0.2, 0) is 11.2 Å². The van der Waals surface area contributed by atoms with E-state index in [1.165, 1.54) is 11.1 Å². The highest BCUT2D eigenvalue weighted by Gasteiger charge is 2.27. The Morgan fingerprint density at radius 3 is 3.11 bits per heavy atom. The maximum atomic E-state index is 6.03. The van der Waals surface area contributed by atoms with Crippen LogP contribution in [0.5, 0.6) is 0 Å². The SMILES string of the molecule is C#CCCC(NCCC)C1OCCc2ccccc21. The summed E-state index contributed by atoms with van der Waals surface area (Å²) in [6, 6.07) is 8.92. The van der Waals surface area contributed by atoms with Crippen LogP contribution in [0.4, 0.5) is 0 Å². The molecule has 0 amide bonds. The van der Waals surface area contributed by atoms with Gasteiger partial charge in [-0.15, -0.1) is 12.3 Å². The van der Waals surface area contributed by atoms with Crippen molar-refractivity contribution in [1.29, 1.82) is 0 Å². The highest BCUT2D eigenvalue weighted by atomic mass is 16.5. The first-order valence-electron chi connectivity index (χ1n) is 7.23. The fourth-order valence-electron chi connectivity index (χ4n) is 2.69. The average Bonchev–Trinajstić information content (AvgIpc) is 2.47. The Balaban J connectivity index is 2.15. The number of rotatable bonds is 6. The molecule has 2 unspecified atom stereocenters. The molecule has 0 spiro atoms. The second-order valence-corrected chi connectivity index (χ2v) is 5.04. The molecule has 2 heteroatoms. The molecular formula is C17H23NO. The van der Waals surface area contributed by atoms with Crippen LogP contribution in [0, 0.1) is 12.3 Å². The number of terminal acetylenes is 1. The minimum absolute atomic E-state index is 0.143. The minimum atomic E-state index is 0.143. The van der Waals surface area contributed by atoms with Crippen LogP contribution >= 0.6 is 0 Å². The van der Waals surface area contributed by atoms with Crippen LogP contribution < -0.4 is 5.32 Å². The summed E-state index contributed by atoms with van der Waals surface area (Å²) in [5, 5.41) is 3.59.